The Bertz CT molecular complexity index is 174. The Morgan fingerprint density at radius 1 is 1.12 bits per heavy atom. The van der Waals surface area contributed by atoms with Crippen LogP contribution in [0.1, 0.15) is 71.6 Å². The smallest absolute Gasteiger partial charge is 0.158 e. The van der Waals surface area contributed by atoms with Crippen molar-refractivity contribution in [2.24, 2.45) is 5.92 Å². The van der Waals surface area contributed by atoms with Gasteiger partial charge >= 0.3 is 0 Å². The van der Waals surface area contributed by atoms with Gasteiger partial charge in [-0.25, -0.2) is 0 Å². The van der Waals surface area contributed by atoms with E-state index in [1.54, 1.807) is 0 Å². The summed E-state index contributed by atoms with van der Waals surface area (Å²) in [4.78, 5) is 10.7. The van der Waals surface area contributed by atoms with Crippen LogP contribution >= 0.6 is 0 Å². The van der Waals surface area contributed by atoms with Crippen LogP contribution in [0, 0.1) is 5.92 Å². The van der Waals surface area contributed by atoms with Gasteiger partial charge in [-0.2, -0.15) is 0 Å². The fraction of sp³-hybridized carbons (Fsp3) is 0.800. The Balaban J connectivity index is 0.000000281. The Kier molecular flexibility index (Phi) is 10.5. The van der Waals surface area contributed by atoms with Crippen LogP contribution in [-0.2, 0) is 4.79 Å². The third-order valence-electron chi connectivity index (χ3n) is 3.17. The van der Waals surface area contributed by atoms with E-state index in [9.17, 15) is 4.79 Å². The maximum Gasteiger partial charge on any atom is 0.158 e. The lowest BCUT2D eigenvalue weighted by atomic mass is 9.82. The van der Waals surface area contributed by atoms with Gasteiger partial charge in [-0.3, -0.25) is 4.79 Å². The molecule has 0 unspecified atom stereocenters. The SMILES string of the molecule is C=CC(=O)C1CCC1.CCCCCCCC. The van der Waals surface area contributed by atoms with E-state index in [0.29, 0.717) is 5.92 Å². The molecule has 0 aromatic carbocycles. The lowest BCUT2D eigenvalue weighted by Gasteiger charge is -2.21. The van der Waals surface area contributed by atoms with Crippen LogP contribution in [0.2, 0.25) is 0 Å². The van der Waals surface area contributed by atoms with Gasteiger partial charge in [0.2, 0.25) is 0 Å². The third kappa shape index (κ3) is 7.67. The number of allylic oxidation sites excluding steroid dienone is 1. The summed E-state index contributed by atoms with van der Waals surface area (Å²) in [7, 11) is 0. The van der Waals surface area contributed by atoms with Crippen molar-refractivity contribution in [3.8, 4) is 0 Å². The summed E-state index contributed by atoms with van der Waals surface area (Å²) >= 11 is 0. The lowest BCUT2D eigenvalue weighted by molar-refractivity contribution is -0.120. The molecular weight excluding hydrogens is 196 g/mol. The van der Waals surface area contributed by atoms with Crippen molar-refractivity contribution in [1.29, 1.82) is 0 Å². The van der Waals surface area contributed by atoms with E-state index in [0.717, 1.165) is 12.8 Å². The molecule has 0 amide bonds. The zero-order chi connectivity index (χ0) is 12.2. The molecule has 1 aliphatic carbocycles. The second-order valence-corrected chi connectivity index (χ2v) is 4.65. The molecule has 1 saturated carbocycles. The molecule has 94 valence electrons. The summed E-state index contributed by atoms with van der Waals surface area (Å²) in [6.07, 6.45) is 13.3. The van der Waals surface area contributed by atoms with Crippen LogP contribution in [-0.4, -0.2) is 5.78 Å². The van der Waals surface area contributed by atoms with E-state index in [1.165, 1.54) is 51.0 Å². The molecular formula is C15H28O. The van der Waals surface area contributed by atoms with Gasteiger partial charge in [-0.15, -0.1) is 0 Å². The predicted molar refractivity (Wildman–Crippen MR) is 71.6 cm³/mol. The molecule has 0 heterocycles. The third-order valence-corrected chi connectivity index (χ3v) is 3.17. The zero-order valence-corrected chi connectivity index (χ0v) is 11.1. The van der Waals surface area contributed by atoms with Crippen molar-refractivity contribution in [1.82, 2.24) is 0 Å². The fourth-order valence-corrected chi connectivity index (χ4v) is 1.71. The maximum atomic E-state index is 10.7. The molecule has 0 saturated heterocycles. The second kappa shape index (κ2) is 10.9. The average molecular weight is 224 g/mol. The van der Waals surface area contributed by atoms with E-state index < -0.39 is 0 Å². The first-order valence-electron chi connectivity index (χ1n) is 6.92. The van der Waals surface area contributed by atoms with Crippen molar-refractivity contribution in [3.05, 3.63) is 12.7 Å². The molecule has 0 aliphatic heterocycles. The van der Waals surface area contributed by atoms with Gasteiger partial charge in [0.1, 0.15) is 0 Å². The molecule has 0 radical (unpaired) electrons. The molecule has 1 heteroatoms. The van der Waals surface area contributed by atoms with Crippen LogP contribution in [0.3, 0.4) is 0 Å². The number of hydrogen-bond acceptors (Lipinski definition) is 1. The Labute approximate surface area is 101 Å². The van der Waals surface area contributed by atoms with Gasteiger partial charge < -0.3 is 0 Å². The first-order valence-corrected chi connectivity index (χ1v) is 6.92. The van der Waals surface area contributed by atoms with Crippen LogP contribution < -0.4 is 0 Å². The van der Waals surface area contributed by atoms with Gasteiger partial charge in [0.15, 0.2) is 5.78 Å². The highest BCUT2D eigenvalue weighted by Gasteiger charge is 2.22. The standard InChI is InChI=1S/C8H18.C7H10O/c1-3-5-7-8-6-4-2;1-2-7(8)6-4-3-5-6/h3-8H2,1-2H3;2,6H,1,3-5H2. The Hall–Kier alpha value is -0.590. The predicted octanol–water partition coefficient (Wildman–Crippen LogP) is 4.91. The van der Waals surface area contributed by atoms with E-state index in [-0.39, 0.29) is 5.78 Å². The van der Waals surface area contributed by atoms with Crippen molar-refractivity contribution >= 4 is 5.78 Å². The normalized spacial score (nSPS) is 14.6. The summed E-state index contributed by atoms with van der Waals surface area (Å²) in [5.41, 5.74) is 0. The molecule has 1 rings (SSSR count). The quantitative estimate of drug-likeness (QED) is 0.443. The monoisotopic (exact) mass is 224 g/mol. The van der Waals surface area contributed by atoms with Crippen LogP contribution in [0.15, 0.2) is 12.7 Å². The number of carbonyl (C=O) groups is 1. The molecule has 0 spiro atoms. The minimum absolute atomic E-state index is 0.233. The molecule has 0 aromatic rings. The van der Waals surface area contributed by atoms with Gasteiger partial charge in [-0.1, -0.05) is 65.4 Å². The summed E-state index contributed by atoms with van der Waals surface area (Å²) in [6.45, 7) is 7.93. The van der Waals surface area contributed by atoms with Crippen LogP contribution in [0.4, 0.5) is 0 Å². The van der Waals surface area contributed by atoms with Crippen LogP contribution in [0.5, 0.6) is 0 Å². The highest BCUT2D eigenvalue weighted by molar-refractivity contribution is 5.91. The van der Waals surface area contributed by atoms with Gasteiger partial charge in [0.05, 0.1) is 0 Å². The van der Waals surface area contributed by atoms with E-state index in [1.807, 2.05) is 0 Å². The lowest BCUT2D eigenvalue weighted by Crippen LogP contribution is -2.19. The fourth-order valence-electron chi connectivity index (χ4n) is 1.71. The minimum atomic E-state index is 0.233. The van der Waals surface area contributed by atoms with Crippen molar-refractivity contribution in [2.75, 3.05) is 0 Å². The number of unbranched alkanes of at least 4 members (excludes halogenated alkanes) is 5. The first kappa shape index (κ1) is 15.4. The largest absolute Gasteiger partial charge is 0.295 e. The van der Waals surface area contributed by atoms with Gasteiger partial charge in [0.25, 0.3) is 0 Å². The Morgan fingerprint density at radius 2 is 1.62 bits per heavy atom. The summed E-state index contributed by atoms with van der Waals surface area (Å²) in [5.74, 6) is 0.573. The Morgan fingerprint density at radius 3 is 1.81 bits per heavy atom. The molecule has 1 aliphatic rings. The van der Waals surface area contributed by atoms with Gasteiger partial charge in [-0.05, 0) is 18.9 Å². The topological polar surface area (TPSA) is 17.1 Å². The highest BCUT2D eigenvalue weighted by Crippen LogP contribution is 2.26. The minimum Gasteiger partial charge on any atom is -0.295 e. The van der Waals surface area contributed by atoms with E-state index >= 15 is 0 Å². The van der Waals surface area contributed by atoms with Crippen molar-refractivity contribution < 1.29 is 4.79 Å². The molecule has 0 bridgehead atoms. The molecule has 1 nitrogen and oxygen atoms in total. The molecule has 16 heavy (non-hydrogen) atoms. The van der Waals surface area contributed by atoms with Crippen molar-refractivity contribution in [3.63, 3.8) is 0 Å². The van der Waals surface area contributed by atoms with Gasteiger partial charge in [0, 0.05) is 5.92 Å². The first-order chi connectivity index (χ1) is 7.76. The van der Waals surface area contributed by atoms with E-state index in [2.05, 4.69) is 20.4 Å². The average Bonchev–Trinajstić information content (AvgIpc) is 2.23. The summed E-state index contributed by atoms with van der Waals surface area (Å²) in [5, 5.41) is 0. The molecule has 0 aromatic heterocycles. The zero-order valence-electron chi connectivity index (χ0n) is 11.1. The second-order valence-electron chi connectivity index (χ2n) is 4.65. The van der Waals surface area contributed by atoms with Crippen molar-refractivity contribution in [2.45, 2.75) is 71.6 Å². The van der Waals surface area contributed by atoms with E-state index in [4.69, 9.17) is 0 Å². The number of hydrogen-bond donors (Lipinski definition) is 0. The number of rotatable bonds is 7. The number of carbonyl (C=O) groups excluding carboxylic acids is 1. The van der Waals surface area contributed by atoms with Crippen LogP contribution in [0.25, 0.3) is 0 Å². The maximum absolute atomic E-state index is 10.7. The highest BCUT2D eigenvalue weighted by atomic mass is 16.1. The summed E-state index contributed by atoms with van der Waals surface area (Å²) in [6, 6.07) is 0. The number of ketones is 1. The summed E-state index contributed by atoms with van der Waals surface area (Å²) < 4.78 is 0. The molecule has 0 atom stereocenters. The molecule has 0 N–H and O–H groups in total. The molecule has 1 fully saturated rings.